The molecule has 1 fully saturated rings. The average molecular weight is 336 g/mol. The molecule has 0 amide bonds. The minimum atomic E-state index is 0.851. The van der Waals surface area contributed by atoms with E-state index in [1.165, 1.54) is 5.56 Å². The monoisotopic (exact) mass is 336 g/mol. The van der Waals surface area contributed by atoms with Crippen molar-refractivity contribution in [2.45, 2.75) is 27.2 Å². The van der Waals surface area contributed by atoms with Crippen LogP contribution in [0.5, 0.6) is 0 Å². The van der Waals surface area contributed by atoms with Gasteiger partial charge < -0.3 is 14.8 Å². The first-order chi connectivity index (χ1) is 12.2. The van der Waals surface area contributed by atoms with Gasteiger partial charge in [-0.1, -0.05) is 19.1 Å². The molecule has 6 heteroatoms. The molecule has 1 aliphatic heterocycles. The predicted octanol–water partition coefficient (Wildman–Crippen LogP) is 2.86. The Kier molecular flexibility index (Phi) is 4.03. The number of nitrogens with zero attached hydrogens (tertiary/aromatic N) is 5. The zero-order chi connectivity index (χ0) is 17.4. The molecular weight excluding hydrogens is 312 g/mol. The maximum atomic E-state index is 4.73. The second kappa shape index (κ2) is 6.35. The summed E-state index contributed by atoms with van der Waals surface area (Å²) in [5.74, 6) is 2.92. The summed E-state index contributed by atoms with van der Waals surface area (Å²) >= 11 is 0. The van der Waals surface area contributed by atoms with Crippen LogP contribution in [0.2, 0.25) is 0 Å². The van der Waals surface area contributed by atoms with Gasteiger partial charge in [0.25, 0.3) is 0 Å². The van der Waals surface area contributed by atoms with Crippen molar-refractivity contribution in [2.24, 2.45) is 0 Å². The summed E-state index contributed by atoms with van der Waals surface area (Å²) in [5.41, 5.74) is 4.48. The molecule has 0 bridgehead atoms. The van der Waals surface area contributed by atoms with Crippen LogP contribution in [-0.4, -0.2) is 46.1 Å². The second-order valence-corrected chi connectivity index (χ2v) is 6.56. The number of rotatable bonds is 3. The van der Waals surface area contributed by atoms with Crippen LogP contribution in [0.4, 0.5) is 11.8 Å². The van der Waals surface area contributed by atoms with Crippen LogP contribution in [0.25, 0.3) is 11.0 Å². The minimum Gasteiger partial charge on any atom is -0.353 e. The topological polar surface area (TPSA) is 60.9 Å². The lowest BCUT2D eigenvalue weighted by Crippen LogP contribution is -2.47. The van der Waals surface area contributed by atoms with E-state index < -0.39 is 0 Å². The summed E-state index contributed by atoms with van der Waals surface area (Å²) in [6.07, 6.45) is 0.964. The molecule has 1 saturated heterocycles. The van der Waals surface area contributed by atoms with Crippen LogP contribution in [0.1, 0.15) is 24.0 Å². The minimum absolute atomic E-state index is 0.851. The molecule has 4 rings (SSSR count). The van der Waals surface area contributed by atoms with Gasteiger partial charge in [-0.05, 0) is 32.4 Å². The Bertz CT molecular complexity index is 859. The van der Waals surface area contributed by atoms with E-state index in [9.17, 15) is 0 Å². The largest absolute Gasteiger partial charge is 0.353 e. The van der Waals surface area contributed by atoms with Gasteiger partial charge in [0.1, 0.15) is 11.6 Å². The van der Waals surface area contributed by atoms with E-state index in [-0.39, 0.29) is 0 Å². The number of fused-ring (bicyclic) bond motifs is 1. The zero-order valence-corrected chi connectivity index (χ0v) is 15.1. The SMILES string of the molecule is CCc1c(C)nc(C)nc1N1CCN(c2nc3ccccc3[nH]2)CC1. The molecule has 2 aromatic heterocycles. The number of aromatic amines is 1. The number of benzene rings is 1. The van der Waals surface area contributed by atoms with E-state index in [0.717, 1.165) is 66.9 Å². The van der Waals surface area contributed by atoms with Gasteiger partial charge in [-0.3, -0.25) is 0 Å². The first-order valence-corrected chi connectivity index (χ1v) is 8.94. The lowest BCUT2D eigenvalue weighted by Gasteiger charge is -2.36. The molecule has 0 radical (unpaired) electrons. The smallest absolute Gasteiger partial charge is 0.203 e. The van der Waals surface area contributed by atoms with Crippen LogP contribution in [-0.2, 0) is 6.42 Å². The molecule has 25 heavy (non-hydrogen) atoms. The van der Waals surface area contributed by atoms with E-state index in [1.54, 1.807) is 0 Å². The standard InChI is InChI=1S/C19H24N6/c1-4-15-13(2)20-14(3)21-18(15)24-9-11-25(12-10-24)19-22-16-7-5-6-8-17(16)23-19/h5-8H,4,9-12H2,1-3H3,(H,22,23). The van der Waals surface area contributed by atoms with Gasteiger partial charge in [-0.15, -0.1) is 0 Å². The maximum Gasteiger partial charge on any atom is 0.203 e. The van der Waals surface area contributed by atoms with Gasteiger partial charge in [0.05, 0.1) is 11.0 Å². The molecule has 0 spiro atoms. The first kappa shape index (κ1) is 15.9. The molecular formula is C19H24N6. The number of imidazole rings is 1. The highest BCUT2D eigenvalue weighted by Gasteiger charge is 2.23. The summed E-state index contributed by atoms with van der Waals surface area (Å²) in [7, 11) is 0. The quantitative estimate of drug-likeness (QED) is 0.797. The molecule has 1 aliphatic rings. The number of aryl methyl sites for hydroxylation is 2. The van der Waals surface area contributed by atoms with Gasteiger partial charge in [0.2, 0.25) is 5.95 Å². The van der Waals surface area contributed by atoms with E-state index >= 15 is 0 Å². The summed E-state index contributed by atoms with van der Waals surface area (Å²) in [6.45, 7) is 9.99. The summed E-state index contributed by atoms with van der Waals surface area (Å²) in [5, 5.41) is 0. The van der Waals surface area contributed by atoms with Crippen molar-refractivity contribution in [1.82, 2.24) is 19.9 Å². The van der Waals surface area contributed by atoms with Crippen molar-refractivity contribution in [3.8, 4) is 0 Å². The first-order valence-electron chi connectivity index (χ1n) is 8.94. The number of piperazine rings is 1. The van der Waals surface area contributed by atoms with Crippen molar-refractivity contribution >= 4 is 22.8 Å². The summed E-state index contributed by atoms with van der Waals surface area (Å²) in [4.78, 5) is 22.1. The van der Waals surface area contributed by atoms with Gasteiger partial charge >= 0.3 is 0 Å². The number of aromatic nitrogens is 4. The van der Waals surface area contributed by atoms with Crippen LogP contribution in [0.15, 0.2) is 24.3 Å². The second-order valence-electron chi connectivity index (χ2n) is 6.56. The van der Waals surface area contributed by atoms with Gasteiger partial charge in [0.15, 0.2) is 0 Å². The zero-order valence-electron chi connectivity index (χ0n) is 15.1. The third-order valence-corrected chi connectivity index (χ3v) is 4.91. The van der Waals surface area contributed by atoms with Gasteiger partial charge in [-0.2, -0.15) is 0 Å². The van der Waals surface area contributed by atoms with Crippen LogP contribution < -0.4 is 9.80 Å². The third-order valence-electron chi connectivity index (χ3n) is 4.91. The van der Waals surface area contributed by atoms with Crippen LogP contribution in [0.3, 0.4) is 0 Å². The lowest BCUT2D eigenvalue weighted by molar-refractivity contribution is 0.632. The Morgan fingerprint density at radius 2 is 1.68 bits per heavy atom. The Hall–Kier alpha value is -2.63. The Labute approximate surface area is 147 Å². The Balaban J connectivity index is 1.53. The van der Waals surface area contributed by atoms with E-state index in [0.29, 0.717) is 0 Å². The van der Waals surface area contributed by atoms with Crippen molar-refractivity contribution in [3.05, 3.63) is 41.3 Å². The fourth-order valence-electron chi connectivity index (χ4n) is 3.61. The number of hydrogen-bond acceptors (Lipinski definition) is 5. The molecule has 130 valence electrons. The predicted molar refractivity (Wildman–Crippen MR) is 101 cm³/mol. The molecule has 0 saturated carbocycles. The van der Waals surface area contributed by atoms with Crippen LogP contribution >= 0.6 is 0 Å². The van der Waals surface area contributed by atoms with E-state index in [2.05, 4.69) is 39.7 Å². The van der Waals surface area contributed by atoms with E-state index in [4.69, 9.17) is 9.97 Å². The number of hydrogen-bond donors (Lipinski definition) is 1. The van der Waals surface area contributed by atoms with Crippen molar-refractivity contribution in [2.75, 3.05) is 36.0 Å². The van der Waals surface area contributed by atoms with Gasteiger partial charge in [-0.25, -0.2) is 15.0 Å². The van der Waals surface area contributed by atoms with Crippen LogP contribution in [0, 0.1) is 13.8 Å². The molecule has 1 aromatic carbocycles. The summed E-state index contributed by atoms with van der Waals surface area (Å²) < 4.78 is 0. The van der Waals surface area contributed by atoms with E-state index in [1.807, 2.05) is 25.1 Å². The van der Waals surface area contributed by atoms with Crippen molar-refractivity contribution < 1.29 is 0 Å². The highest BCUT2D eigenvalue weighted by molar-refractivity contribution is 5.77. The normalized spacial score (nSPS) is 15.2. The summed E-state index contributed by atoms with van der Waals surface area (Å²) in [6, 6.07) is 8.18. The maximum absolute atomic E-state index is 4.73. The highest BCUT2D eigenvalue weighted by atomic mass is 15.3. The number of para-hydroxylation sites is 2. The fraction of sp³-hybridized carbons (Fsp3) is 0.421. The Morgan fingerprint density at radius 1 is 0.960 bits per heavy atom. The number of H-pyrrole nitrogens is 1. The molecule has 1 N–H and O–H groups in total. The fourth-order valence-corrected chi connectivity index (χ4v) is 3.61. The molecule has 0 atom stereocenters. The molecule has 0 unspecified atom stereocenters. The Morgan fingerprint density at radius 3 is 2.40 bits per heavy atom. The average Bonchev–Trinajstić information content (AvgIpc) is 3.05. The molecule has 3 aromatic rings. The number of nitrogens with one attached hydrogen (secondary N) is 1. The molecule has 6 nitrogen and oxygen atoms in total. The van der Waals surface area contributed by atoms with Gasteiger partial charge in [0, 0.05) is 37.4 Å². The molecule has 3 heterocycles. The lowest BCUT2D eigenvalue weighted by atomic mass is 10.1. The number of anilines is 2. The van der Waals surface area contributed by atoms with Crippen molar-refractivity contribution in [1.29, 1.82) is 0 Å². The highest BCUT2D eigenvalue weighted by Crippen LogP contribution is 2.24. The third kappa shape index (κ3) is 2.92. The van der Waals surface area contributed by atoms with Crippen molar-refractivity contribution in [3.63, 3.8) is 0 Å². The molecule has 0 aliphatic carbocycles.